The summed E-state index contributed by atoms with van der Waals surface area (Å²) >= 11 is 0. The zero-order chi connectivity index (χ0) is 24.1. The van der Waals surface area contributed by atoms with Crippen LogP contribution < -0.4 is 14.2 Å². The Hall–Kier alpha value is -3.52. The number of hydrogen-bond donors (Lipinski definition) is 1. The molecule has 0 aromatic heterocycles. The molecule has 1 amide bonds. The minimum absolute atomic E-state index is 0.0130. The number of aliphatic hydroxyl groups excluding tert-OH is 1. The van der Waals surface area contributed by atoms with Gasteiger partial charge in [0.25, 0.3) is 11.7 Å². The Morgan fingerprint density at radius 3 is 2.21 bits per heavy atom. The van der Waals surface area contributed by atoms with Gasteiger partial charge in [0.05, 0.1) is 32.9 Å². The average Bonchev–Trinajstić information content (AvgIpc) is 3.07. The number of likely N-dealkylation sites (tertiary alicyclic amines) is 1. The average molecular weight is 455 g/mol. The predicted molar refractivity (Wildman–Crippen MR) is 125 cm³/mol. The van der Waals surface area contributed by atoms with Crippen LogP contribution in [0.1, 0.15) is 23.6 Å². The van der Waals surface area contributed by atoms with E-state index in [4.69, 9.17) is 14.2 Å². The van der Waals surface area contributed by atoms with E-state index in [9.17, 15) is 14.7 Å². The molecule has 3 rings (SSSR count). The number of ether oxygens (including phenoxy) is 3. The summed E-state index contributed by atoms with van der Waals surface area (Å²) in [5, 5.41) is 11.4. The summed E-state index contributed by atoms with van der Waals surface area (Å²) in [7, 11) is 8.37. The molecule has 0 radical (unpaired) electrons. The van der Waals surface area contributed by atoms with Crippen LogP contribution in [0.15, 0.2) is 48.0 Å². The van der Waals surface area contributed by atoms with Crippen LogP contribution in [0.4, 0.5) is 0 Å². The highest BCUT2D eigenvalue weighted by atomic mass is 16.5. The quantitative estimate of drug-likeness (QED) is 0.354. The Morgan fingerprint density at radius 1 is 1.00 bits per heavy atom. The molecule has 8 heteroatoms. The van der Waals surface area contributed by atoms with Crippen molar-refractivity contribution >= 4 is 17.4 Å². The summed E-state index contributed by atoms with van der Waals surface area (Å²) in [5.74, 6) is -0.507. The molecular formula is C25H30N2O6. The highest BCUT2D eigenvalue weighted by Crippen LogP contribution is 2.43. The van der Waals surface area contributed by atoms with Gasteiger partial charge < -0.3 is 29.1 Å². The molecule has 176 valence electrons. The van der Waals surface area contributed by atoms with E-state index in [1.165, 1.54) is 19.1 Å². The minimum Gasteiger partial charge on any atom is -0.506 e. The highest BCUT2D eigenvalue weighted by molar-refractivity contribution is 6.46. The summed E-state index contributed by atoms with van der Waals surface area (Å²) in [6, 6.07) is 11.4. The molecule has 1 aliphatic rings. The molecule has 1 aliphatic heterocycles. The molecule has 1 heterocycles. The number of aliphatic hydroxyl groups is 1. The van der Waals surface area contributed by atoms with Crippen LogP contribution in [0.25, 0.3) is 5.76 Å². The lowest BCUT2D eigenvalue weighted by atomic mass is 9.94. The largest absolute Gasteiger partial charge is 0.506 e. The van der Waals surface area contributed by atoms with Crippen LogP contribution in [0, 0.1) is 0 Å². The maximum Gasteiger partial charge on any atom is 0.295 e. The second-order valence-corrected chi connectivity index (χ2v) is 7.96. The monoisotopic (exact) mass is 454 g/mol. The van der Waals surface area contributed by atoms with Crippen molar-refractivity contribution in [3.8, 4) is 17.2 Å². The van der Waals surface area contributed by atoms with E-state index in [0.29, 0.717) is 35.8 Å². The molecule has 1 saturated heterocycles. The van der Waals surface area contributed by atoms with Gasteiger partial charge in [0.15, 0.2) is 0 Å². The number of Topliss-reactive ketones (excluding diaryl/α,β-unsaturated/α-hetero) is 1. The first kappa shape index (κ1) is 24.1. The first-order chi connectivity index (χ1) is 15.8. The Balaban J connectivity index is 2.21. The maximum absolute atomic E-state index is 13.2. The molecule has 33 heavy (non-hydrogen) atoms. The molecule has 1 fully saturated rings. The number of hydrogen-bond acceptors (Lipinski definition) is 7. The third-order valence-corrected chi connectivity index (χ3v) is 5.62. The minimum atomic E-state index is -0.781. The summed E-state index contributed by atoms with van der Waals surface area (Å²) in [6.45, 7) is 1.10. The van der Waals surface area contributed by atoms with Gasteiger partial charge in [-0.05, 0) is 56.9 Å². The second kappa shape index (κ2) is 10.4. The third kappa shape index (κ3) is 4.80. The summed E-state index contributed by atoms with van der Waals surface area (Å²) < 4.78 is 16.2. The lowest BCUT2D eigenvalue weighted by Crippen LogP contribution is -2.32. The van der Waals surface area contributed by atoms with Crippen molar-refractivity contribution in [3.63, 3.8) is 0 Å². The molecule has 0 spiro atoms. The number of nitrogens with zero attached hydrogens (tertiary/aromatic N) is 2. The summed E-state index contributed by atoms with van der Waals surface area (Å²) in [6.07, 6.45) is 0.665. The van der Waals surface area contributed by atoms with E-state index in [-0.39, 0.29) is 16.9 Å². The van der Waals surface area contributed by atoms with Gasteiger partial charge >= 0.3 is 0 Å². The van der Waals surface area contributed by atoms with Crippen LogP contribution in [0.2, 0.25) is 0 Å². The Labute approximate surface area is 194 Å². The van der Waals surface area contributed by atoms with Crippen LogP contribution in [-0.4, -0.2) is 75.1 Å². The normalized spacial score (nSPS) is 17.5. The Bertz CT molecular complexity index is 1040. The van der Waals surface area contributed by atoms with Crippen molar-refractivity contribution in [2.75, 3.05) is 48.5 Å². The molecule has 1 unspecified atom stereocenters. The van der Waals surface area contributed by atoms with Gasteiger partial charge in [-0.25, -0.2) is 0 Å². The third-order valence-electron chi connectivity index (χ3n) is 5.62. The second-order valence-electron chi connectivity index (χ2n) is 7.96. The summed E-state index contributed by atoms with van der Waals surface area (Å²) in [4.78, 5) is 29.8. The number of benzene rings is 2. The van der Waals surface area contributed by atoms with E-state index in [1.54, 1.807) is 43.5 Å². The lowest BCUT2D eigenvalue weighted by Gasteiger charge is -2.26. The number of carbonyl (C=O) groups excluding carboxylic acids is 2. The van der Waals surface area contributed by atoms with E-state index in [0.717, 1.165) is 6.54 Å². The van der Waals surface area contributed by atoms with Crippen molar-refractivity contribution in [3.05, 3.63) is 59.2 Å². The Morgan fingerprint density at radius 2 is 1.64 bits per heavy atom. The number of ketones is 1. The molecule has 1 N–H and O–H groups in total. The zero-order valence-electron chi connectivity index (χ0n) is 19.6. The fraction of sp³-hybridized carbons (Fsp3) is 0.360. The molecule has 0 bridgehead atoms. The molecule has 1 atom stereocenters. The van der Waals surface area contributed by atoms with Crippen LogP contribution in [-0.2, 0) is 9.59 Å². The van der Waals surface area contributed by atoms with Gasteiger partial charge in [-0.2, -0.15) is 0 Å². The van der Waals surface area contributed by atoms with Gasteiger partial charge in [-0.15, -0.1) is 0 Å². The van der Waals surface area contributed by atoms with Gasteiger partial charge in [-0.1, -0.05) is 18.2 Å². The van der Waals surface area contributed by atoms with Gasteiger partial charge in [0.1, 0.15) is 28.6 Å². The topological polar surface area (TPSA) is 88.5 Å². The van der Waals surface area contributed by atoms with Crippen molar-refractivity contribution in [2.24, 2.45) is 0 Å². The zero-order valence-corrected chi connectivity index (χ0v) is 19.6. The van der Waals surface area contributed by atoms with Crippen molar-refractivity contribution < 1.29 is 28.9 Å². The predicted octanol–water partition coefficient (Wildman–Crippen LogP) is 3.09. The number of amides is 1. The molecular weight excluding hydrogens is 424 g/mol. The summed E-state index contributed by atoms with van der Waals surface area (Å²) in [5.41, 5.74) is 0.872. The smallest absolute Gasteiger partial charge is 0.295 e. The van der Waals surface area contributed by atoms with Crippen molar-refractivity contribution in [2.45, 2.75) is 12.5 Å². The van der Waals surface area contributed by atoms with E-state index in [1.807, 2.05) is 25.1 Å². The van der Waals surface area contributed by atoms with E-state index >= 15 is 0 Å². The molecule has 2 aromatic carbocycles. The van der Waals surface area contributed by atoms with Crippen molar-refractivity contribution in [1.82, 2.24) is 9.80 Å². The fourth-order valence-corrected chi connectivity index (χ4v) is 4.05. The number of methoxy groups -OCH3 is 3. The van der Waals surface area contributed by atoms with Gasteiger partial charge in [0.2, 0.25) is 0 Å². The first-order valence-electron chi connectivity index (χ1n) is 10.6. The highest BCUT2D eigenvalue weighted by Gasteiger charge is 2.46. The Kier molecular flexibility index (Phi) is 7.60. The molecule has 8 nitrogen and oxygen atoms in total. The maximum atomic E-state index is 13.2. The number of carbonyl (C=O) groups is 2. The number of rotatable bonds is 9. The van der Waals surface area contributed by atoms with Crippen LogP contribution in [0.3, 0.4) is 0 Å². The molecule has 2 aromatic rings. The van der Waals surface area contributed by atoms with Crippen LogP contribution in [0.5, 0.6) is 17.2 Å². The lowest BCUT2D eigenvalue weighted by molar-refractivity contribution is -0.139. The fourth-order valence-electron chi connectivity index (χ4n) is 4.05. The van der Waals surface area contributed by atoms with Gasteiger partial charge in [0, 0.05) is 6.54 Å². The van der Waals surface area contributed by atoms with E-state index in [2.05, 4.69) is 0 Å². The standard InChI is InChI=1S/C25H30N2O6/c1-26(2)13-8-14-27-22(16-9-6-10-17(15-16)31-3)21(24(29)25(27)30)23(28)20-18(32-4)11-7-12-19(20)33-5/h6-7,9-12,15,22,28H,8,13-14H2,1-5H3/b23-21+. The molecule has 0 saturated carbocycles. The van der Waals surface area contributed by atoms with Crippen molar-refractivity contribution in [1.29, 1.82) is 0 Å². The van der Waals surface area contributed by atoms with Gasteiger partial charge in [-0.3, -0.25) is 9.59 Å². The SMILES string of the molecule is COc1cccc(C2/C(=C(\O)c3c(OC)cccc3OC)C(=O)C(=O)N2CCCN(C)C)c1. The molecule has 0 aliphatic carbocycles. The van der Waals surface area contributed by atoms with Crippen LogP contribution >= 0.6 is 0 Å². The van der Waals surface area contributed by atoms with E-state index < -0.39 is 17.7 Å². The first-order valence-corrected chi connectivity index (χ1v) is 10.6.